The van der Waals surface area contributed by atoms with Gasteiger partial charge in [-0.25, -0.2) is 0 Å². The van der Waals surface area contributed by atoms with Gasteiger partial charge in [-0.15, -0.1) is 24.0 Å². The maximum atomic E-state index is 5.98. The third-order valence-electron chi connectivity index (χ3n) is 3.63. The van der Waals surface area contributed by atoms with Gasteiger partial charge < -0.3 is 20.5 Å². The molecule has 0 aliphatic carbocycles. The van der Waals surface area contributed by atoms with Crippen molar-refractivity contribution in [3.63, 3.8) is 0 Å². The van der Waals surface area contributed by atoms with E-state index in [-0.39, 0.29) is 24.0 Å². The summed E-state index contributed by atoms with van der Waals surface area (Å²) in [5, 5.41) is 3.07. The van der Waals surface area contributed by atoms with Crippen LogP contribution in [0.15, 0.2) is 23.2 Å². The zero-order valence-corrected chi connectivity index (χ0v) is 17.0. The highest BCUT2D eigenvalue weighted by Crippen LogP contribution is 2.28. The van der Waals surface area contributed by atoms with Crippen molar-refractivity contribution < 1.29 is 9.47 Å². The molecule has 1 aromatic rings. The number of nitrogens with one attached hydrogen (secondary N) is 1. The Bertz CT molecular complexity index is 493. The molecule has 3 N–H and O–H groups in total. The Morgan fingerprint density at radius 2 is 1.91 bits per heavy atom. The van der Waals surface area contributed by atoms with E-state index in [0.717, 1.165) is 24.5 Å². The van der Waals surface area contributed by atoms with E-state index in [0.29, 0.717) is 24.3 Å². The van der Waals surface area contributed by atoms with Crippen LogP contribution in [-0.2, 0) is 0 Å². The fourth-order valence-electron chi connectivity index (χ4n) is 2.28. The molecular formula is C16H29IN4O2. The molecule has 7 heteroatoms. The summed E-state index contributed by atoms with van der Waals surface area (Å²) >= 11 is 0. The maximum absolute atomic E-state index is 5.98. The number of ether oxygens (including phenoxy) is 2. The lowest BCUT2D eigenvalue weighted by molar-refractivity contribution is 0.237. The van der Waals surface area contributed by atoms with Gasteiger partial charge in [-0.05, 0) is 32.1 Å². The zero-order chi connectivity index (χ0) is 16.5. The van der Waals surface area contributed by atoms with Crippen LogP contribution in [0.25, 0.3) is 0 Å². The van der Waals surface area contributed by atoms with Gasteiger partial charge in [0, 0.05) is 12.1 Å². The number of nitrogens with two attached hydrogens (primary N) is 1. The average molecular weight is 436 g/mol. The van der Waals surface area contributed by atoms with Crippen LogP contribution in [-0.4, -0.2) is 50.8 Å². The Labute approximate surface area is 156 Å². The van der Waals surface area contributed by atoms with Gasteiger partial charge in [0.1, 0.15) is 11.5 Å². The minimum Gasteiger partial charge on any atom is -0.497 e. The van der Waals surface area contributed by atoms with E-state index >= 15 is 0 Å². The second kappa shape index (κ2) is 11.3. The number of methoxy groups -OCH3 is 2. The molecule has 1 aromatic carbocycles. The number of nitrogens with zero attached hydrogens (tertiary/aromatic N) is 2. The molecule has 0 radical (unpaired) electrons. The number of likely N-dealkylation sites (N-methyl/N-ethyl adjacent to an activating group) is 1. The molecule has 0 spiro atoms. The molecule has 6 nitrogen and oxygen atoms in total. The number of hydrogen-bond acceptors (Lipinski definition) is 4. The average Bonchev–Trinajstić information content (AvgIpc) is 2.54. The Kier molecular flexibility index (Phi) is 10.7. The minimum absolute atomic E-state index is 0. The van der Waals surface area contributed by atoms with E-state index < -0.39 is 0 Å². The van der Waals surface area contributed by atoms with Gasteiger partial charge in [-0.3, -0.25) is 9.89 Å². The summed E-state index contributed by atoms with van der Waals surface area (Å²) in [6, 6.07) is 5.84. The number of anilines is 1. The summed E-state index contributed by atoms with van der Waals surface area (Å²) in [5.74, 6) is 1.79. The highest BCUT2D eigenvalue weighted by Gasteiger charge is 2.10. The van der Waals surface area contributed by atoms with E-state index in [4.69, 9.17) is 15.2 Å². The molecule has 23 heavy (non-hydrogen) atoms. The number of guanidine groups is 1. The fraction of sp³-hybridized carbons (Fsp3) is 0.562. The highest BCUT2D eigenvalue weighted by molar-refractivity contribution is 14.0. The van der Waals surface area contributed by atoms with Gasteiger partial charge in [0.2, 0.25) is 0 Å². The van der Waals surface area contributed by atoms with E-state index in [1.165, 1.54) is 0 Å². The predicted octanol–water partition coefficient (Wildman–Crippen LogP) is 2.78. The van der Waals surface area contributed by atoms with Crippen LogP contribution in [0.1, 0.15) is 20.8 Å². The van der Waals surface area contributed by atoms with E-state index in [1.807, 2.05) is 18.2 Å². The smallest absolute Gasteiger partial charge is 0.193 e. The highest BCUT2D eigenvalue weighted by atomic mass is 127. The molecule has 1 unspecified atom stereocenters. The number of benzene rings is 1. The van der Waals surface area contributed by atoms with Crippen molar-refractivity contribution in [3.05, 3.63) is 18.2 Å². The fourth-order valence-corrected chi connectivity index (χ4v) is 2.28. The largest absolute Gasteiger partial charge is 0.497 e. The molecule has 0 amide bonds. The van der Waals surface area contributed by atoms with Crippen LogP contribution in [0.4, 0.5) is 5.69 Å². The van der Waals surface area contributed by atoms with Crippen molar-refractivity contribution in [3.8, 4) is 11.5 Å². The topological polar surface area (TPSA) is 72.1 Å². The molecule has 1 atom stereocenters. The quantitative estimate of drug-likeness (QED) is 0.373. The summed E-state index contributed by atoms with van der Waals surface area (Å²) in [5.41, 5.74) is 6.71. The second-order valence-corrected chi connectivity index (χ2v) is 4.99. The Morgan fingerprint density at radius 3 is 2.43 bits per heavy atom. The maximum Gasteiger partial charge on any atom is 0.193 e. The van der Waals surface area contributed by atoms with Crippen molar-refractivity contribution in [2.75, 3.05) is 39.2 Å². The first-order chi connectivity index (χ1) is 10.5. The number of rotatable bonds is 8. The van der Waals surface area contributed by atoms with Gasteiger partial charge in [0.25, 0.3) is 0 Å². The third-order valence-corrected chi connectivity index (χ3v) is 3.63. The molecule has 0 fully saturated rings. The summed E-state index contributed by atoms with van der Waals surface area (Å²) in [7, 11) is 3.23. The van der Waals surface area contributed by atoms with Crippen molar-refractivity contribution in [1.82, 2.24) is 4.90 Å². The normalized spacial score (nSPS) is 12.5. The van der Waals surface area contributed by atoms with Crippen LogP contribution >= 0.6 is 24.0 Å². The number of halogens is 1. The summed E-state index contributed by atoms with van der Waals surface area (Å²) in [4.78, 5) is 6.75. The summed E-state index contributed by atoms with van der Waals surface area (Å²) < 4.78 is 10.5. The molecule has 0 saturated carbocycles. The van der Waals surface area contributed by atoms with E-state index in [2.05, 4.69) is 36.0 Å². The SMILES string of the molecule is CCN(CC)C(C)CN=C(N)Nc1cc(OC)ccc1OC.I. The first-order valence-electron chi connectivity index (χ1n) is 7.58. The van der Waals surface area contributed by atoms with Gasteiger partial charge in [0.05, 0.1) is 26.5 Å². The van der Waals surface area contributed by atoms with Crippen LogP contribution in [0.5, 0.6) is 11.5 Å². The first kappa shape index (κ1) is 21.8. The molecule has 0 aliphatic heterocycles. The molecule has 0 aliphatic rings. The summed E-state index contributed by atoms with van der Waals surface area (Å²) in [6.07, 6.45) is 0. The van der Waals surface area contributed by atoms with E-state index in [1.54, 1.807) is 14.2 Å². The predicted molar refractivity (Wildman–Crippen MR) is 107 cm³/mol. The van der Waals surface area contributed by atoms with Gasteiger partial charge in [-0.2, -0.15) is 0 Å². The van der Waals surface area contributed by atoms with Crippen molar-refractivity contribution in [2.45, 2.75) is 26.8 Å². The standard InChI is InChI=1S/C16H28N4O2.HI/c1-6-20(7-2)12(3)11-18-16(17)19-14-10-13(21-4)8-9-15(14)22-5;/h8-10,12H,6-7,11H2,1-5H3,(H3,17,18,19);1H. The molecule has 0 heterocycles. The number of hydrogen-bond donors (Lipinski definition) is 2. The van der Waals surface area contributed by atoms with Crippen LogP contribution in [0, 0.1) is 0 Å². The third kappa shape index (κ3) is 6.82. The minimum atomic E-state index is 0. The Balaban J connectivity index is 0.00000484. The van der Waals surface area contributed by atoms with Crippen LogP contribution in [0.2, 0.25) is 0 Å². The first-order valence-corrected chi connectivity index (χ1v) is 7.58. The van der Waals surface area contributed by atoms with Crippen molar-refractivity contribution in [2.24, 2.45) is 10.7 Å². The molecular weight excluding hydrogens is 407 g/mol. The molecule has 0 saturated heterocycles. The van der Waals surface area contributed by atoms with Crippen molar-refractivity contribution >= 4 is 35.6 Å². The number of aliphatic imine (C=N–C) groups is 1. The van der Waals surface area contributed by atoms with Crippen molar-refractivity contribution in [1.29, 1.82) is 0 Å². The van der Waals surface area contributed by atoms with Crippen LogP contribution < -0.4 is 20.5 Å². The van der Waals surface area contributed by atoms with Gasteiger partial charge in [0.15, 0.2) is 5.96 Å². The van der Waals surface area contributed by atoms with E-state index in [9.17, 15) is 0 Å². The Morgan fingerprint density at radius 1 is 1.26 bits per heavy atom. The lowest BCUT2D eigenvalue weighted by Gasteiger charge is -2.24. The molecule has 0 aromatic heterocycles. The zero-order valence-electron chi connectivity index (χ0n) is 14.6. The van der Waals surface area contributed by atoms with Gasteiger partial charge >= 0.3 is 0 Å². The molecule has 1 rings (SSSR count). The van der Waals surface area contributed by atoms with Crippen LogP contribution in [0.3, 0.4) is 0 Å². The molecule has 132 valence electrons. The lowest BCUT2D eigenvalue weighted by Crippen LogP contribution is -2.36. The summed E-state index contributed by atoms with van der Waals surface area (Å²) in [6.45, 7) is 9.09. The molecule has 0 bridgehead atoms. The Hall–Kier alpha value is -1.22. The lowest BCUT2D eigenvalue weighted by atomic mass is 10.2. The second-order valence-electron chi connectivity index (χ2n) is 4.99. The monoisotopic (exact) mass is 436 g/mol. The van der Waals surface area contributed by atoms with Gasteiger partial charge in [-0.1, -0.05) is 13.8 Å².